The highest BCUT2D eigenvalue weighted by molar-refractivity contribution is 6.55. The highest BCUT2D eigenvalue weighted by atomic mass is 28.3. The minimum absolute atomic E-state index is 0.0471. The van der Waals surface area contributed by atoms with Gasteiger partial charge in [-0.15, -0.1) is 0 Å². The first-order valence-corrected chi connectivity index (χ1v) is 6.72. The van der Waals surface area contributed by atoms with Crippen LogP contribution < -0.4 is 0 Å². The zero-order chi connectivity index (χ0) is 9.94. The zero-order valence-electron chi connectivity index (χ0n) is 9.64. The van der Waals surface area contributed by atoms with E-state index in [1.807, 2.05) is 0 Å². The predicted octanol–water partition coefficient (Wildman–Crippen LogP) is 3.35. The molecule has 0 aliphatic carbocycles. The molecule has 0 aromatic heterocycles. The number of rotatable bonds is 3. The molecule has 0 atom stereocenters. The smallest absolute Gasteiger partial charge is 0.182 e. The molecule has 0 aliphatic heterocycles. The summed E-state index contributed by atoms with van der Waals surface area (Å²) in [5, 5.41) is 0. The fourth-order valence-corrected chi connectivity index (χ4v) is 4.35. The SMILES string of the molecule is CC(C)[SiH](OC(C)(C)C)C(C)C. The highest BCUT2D eigenvalue weighted by Crippen LogP contribution is 2.25. The zero-order valence-corrected chi connectivity index (χ0v) is 10.8. The van der Waals surface area contributed by atoms with Crippen molar-refractivity contribution in [2.75, 3.05) is 0 Å². The summed E-state index contributed by atoms with van der Waals surface area (Å²) in [6, 6.07) is 0. The van der Waals surface area contributed by atoms with Gasteiger partial charge in [0.1, 0.15) is 0 Å². The molecule has 0 aromatic rings. The summed E-state index contributed by atoms with van der Waals surface area (Å²) in [4.78, 5) is 0. The van der Waals surface area contributed by atoms with Gasteiger partial charge in [-0.1, -0.05) is 27.7 Å². The van der Waals surface area contributed by atoms with E-state index in [1.54, 1.807) is 0 Å². The van der Waals surface area contributed by atoms with Crippen molar-refractivity contribution in [3.05, 3.63) is 0 Å². The van der Waals surface area contributed by atoms with Crippen LogP contribution in [0.3, 0.4) is 0 Å². The summed E-state index contributed by atoms with van der Waals surface area (Å²) in [7, 11) is -1.01. The molecule has 0 saturated carbocycles. The Bertz CT molecular complexity index is 116. The monoisotopic (exact) mass is 188 g/mol. The third kappa shape index (κ3) is 4.94. The van der Waals surface area contributed by atoms with Crippen LogP contribution in [0.2, 0.25) is 11.1 Å². The lowest BCUT2D eigenvalue weighted by molar-refractivity contribution is 0.122. The molecule has 0 unspecified atom stereocenters. The van der Waals surface area contributed by atoms with Crippen LogP contribution in [0, 0.1) is 0 Å². The molecule has 2 heteroatoms. The largest absolute Gasteiger partial charge is 0.415 e. The lowest BCUT2D eigenvalue weighted by Crippen LogP contribution is -2.34. The van der Waals surface area contributed by atoms with Crippen LogP contribution in [0.15, 0.2) is 0 Å². The van der Waals surface area contributed by atoms with Gasteiger partial charge in [-0.2, -0.15) is 0 Å². The summed E-state index contributed by atoms with van der Waals surface area (Å²) in [5.74, 6) is 0. The Kier molecular flexibility index (Phi) is 4.49. The summed E-state index contributed by atoms with van der Waals surface area (Å²) in [6.45, 7) is 15.6. The van der Waals surface area contributed by atoms with E-state index in [0.29, 0.717) is 0 Å². The van der Waals surface area contributed by atoms with Crippen molar-refractivity contribution in [1.82, 2.24) is 0 Å². The molecular formula is C10H24OSi. The molecule has 0 heterocycles. The molecular weight excluding hydrogens is 164 g/mol. The van der Waals surface area contributed by atoms with Crippen LogP contribution in [-0.2, 0) is 4.43 Å². The van der Waals surface area contributed by atoms with Crippen LogP contribution in [-0.4, -0.2) is 14.6 Å². The van der Waals surface area contributed by atoms with Crippen molar-refractivity contribution < 1.29 is 4.43 Å². The first kappa shape index (κ1) is 12.2. The van der Waals surface area contributed by atoms with E-state index >= 15 is 0 Å². The van der Waals surface area contributed by atoms with Gasteiger partial charge in [0.2, 0.25) is 0 Å². The van der Waals surface area contributed by atoms with Gasteiger partial charge >= 0.3 is 0 Å². The second-order valence-electron chi connectivity index (χ2n) is 5.18. The molecule has 0 N–H and O–H groups in total. The maximum absolute atomic E-state index is 6.10. The lowest BCUT2D eigenvalue weighted by Gasteiger charge is -2.31. The van der Waals surface area contributed by atoms with E-state index in [9.17, 15) is 0 Å². The lowest BCUT2D eigenvalue weighted by atomic mass is 10.2. The topological polar surface area (TPSA) is 9.23 Å². The van der Waals surface area contributed by atoms with Gasteiger partial charge in [-0.05, 0) is 31.9 Å². The minimum atomic E-state index is -1.01. The van der Waals surface area contributed by atoms with E-state index in [4.69, 9.17) is 4.43 Å². The Morgan fingerprint density at radius 3 is 1.33 bits per heavy atom. The molecule has 1 nitrogen and oxygen atoms in total. The third-order valence-electron chi connectivity index (χ3n) is 1.80. The quantitative estimate of drug-likeness (QED) is 0.617. The molecule has 0 fully saturated rings. The van der Waals surface area contributed by atoms with E-state index in [2.05, 4.69) is 48.5 Å². The van der Waals surface area contributed by atoms with Gasteiger partial charge in [0.15, 0.2) is 9.04 Å². The summed E-state index contributed by atoms with van der Waals surface area (Å²) in [6.07, 6.45) is 0. The van der Waals surface area contributed by atoms with Crippen LogP contribution in [0.1, 0.15) is 48.5 Å². The Morgan fingerprint density at radius 2 is 1.25 bits per heavy atom. The Balaban J connectivity index is 4.15. The van der Waals surface area contributed by atoms with Gasteiger partial charge in [0.25, 0.3) is 0 Å². The van der Waals surface area contributed by atoms with E-state index in [1.165, 1.54) is 0 Å². The number of hydrogen-bond acceptors (Lipinski definition) is 1. The van der Waals surface area contributed by atoms with E-state index in [0.717, 1.165) is 11.1 Å². The molecule has 0 rings (SSSR count). The number of hydrogen-bond donors (Lipinski definition) is 0. The Hall–Kier alpha value is 0.177. The van der Waals surface area contributed by atoms with Crippen LogP contribution in [0.25, 0.3) is 0 Å². The van der Waals surface area contributed by atoms with Crippen LogP contribution in [0.4, 0.5) is 0 Å². The maximum Gasteiger partial charge on any atom is 0.182 e. The third-order valence-corrected chi connectivity index (χ3v) is 5.41. The summed E-state index contributed by atoms with van der Waals surface area (Å²) >= 11 is 0. The van der Waals surface area contributed by atoms with Gasteiger partial charge in [-0.3, -0.25) is 0 Å². The fraction of sp³-hybridized carbons (Fsp3) is 1.00. The van der Waals surface area contributed by atoms with Crippen LogP contribution in [0.5, 0.6) is 0 Å². The summed E-state index contributed by atoms with van der Waals surface area (Å²) < 4.78 is 6.10. The van der Waals surface area contributed by atoms with Crippen molar-refractivity contribution in [3.8, 4) is 0 Å². The normalized spacial score (nSPS) is 13.5. The fourth-order valence-electron chi connectivity index (χ4n) is 1.45. The average Bonchev–Trinajstić information content (AvgIpc) is 1.79. The average molecular weight is 188 g/mol. The first-order chi connectivity index (χ1) is 5.24. The van der Waals surface area contributed by atoms with E-state index < -0.39 is 9.04 Å². The van der Waals surface area contributed by atoms with Crippen molar-refractivity contribution in [3.63, 3.8) is 0 Å². The second-order valence-corrected chi connectivity index (χ2v) is 9.01. The van der Waals surface area contributed by atoms with Crippen LogP contribution >= 0.6 is 0 Å². The summed E-state index contributed by atoms with van der Waals surface area (Å²) in [5.41, 5.74) is 1.53. The highest BCUT2D eigenvalue weighted by Gasteiger charge is 2.25. The molecule has 0 aromatic carbocycles. The minimum Gasteiger partial charge on any atom is -0.415 e. The molecule has 0 bridgehead atoms. The molecule has 0 radical (unpaired) electrons. The van der Waals surface area contributed by atoms with Gasteiger partial charge < -0.3 is 4.43 Å². The second kappa shape index (κ2) is 4.42. The van der Waals surface area contributed by atoms with Crippen molar-refractivity contribution >= 4 is 9.04 Å². The van der Waals surface area contributed by atoms with Crippen molar-refractivity contribution in [2.45, 2.75) is 65.1 Å². The van der Waals surface area contributed by atoms with E-state index in [-0.39, 0.29) is 5.60 Å². The molecule has 0 saturated heterocycles. The Labute approximate surface area is 79.2 Å². The molecule has 0 spiro atoms. The van der Waals surface area contributed by atoms with Gasteiger partial charge in [-0.25, -0.2) is 0 Å². The standard InChI is InChI=1S/C10H24OSi/c1-8(2)12(9(3)4)11-10(5,6)7/h8-9,12H,1-7H3. The first-order valence-electron chi connectivity index (χ1n) is 4.92. The molecule has 0 aliphatic rings. The molecule has 12 heavy (non-hydrogen) atoms. The maximum atomic E-state index is 6.10. The Morgan fingerprint density at radius 1 is 0.917 bits per heavy atom. The predicted molar refractivity (Wildman–Crippen MR) is 58.2 cm³/mol. The van der Waals surface area contributed by atoms with Gasteiger partial charge in [0, 0.05) is 5.60 Å². The molecule has 74 valence electrons. The van der Waals surface area contributed by atoms with Gasteiger partial charge in [0.05, 0.1) is 0 Å². The molecule has 0 amide bonds. The van der Waals surface area contributed by atoms with Crippen molar-refractivity contribution in [1.29, 1.82) is 0 Å². The van der Waals surface area contributed by atoms with Crippen molar-refractivity contribution in [2.24, 2.45) is 0 Å².